The van der Waals surface area contributed by atoms with Gasteiger partial charge in [-0.05, 0) is 37.3 Å². The monoisotopic (exact) mass is 321 g/mol. The Morgan fingerprint density at radius 1 is 1.00 bits per heavy atom. The molecule has 0 unspecified atom stereocenters. The van der Waals surface area contributed by atoms with E-state index in [1.54, 1.807) is 0 Å². The molecule has 0 N–H and O–H groups in total. The molecule has 0 fully saturated rings. The molecule has 0 bridgehead atoms. The van der Waals surface area contributed by atoms with Gasteiger partial charge in [-0.1, -0.05) is 29.8 Å². The Kier molecular flexibility index (Phi) is 2.69. The van der Waals surface area contributed by atoms with E-state index >= 15 is 0 Å². The van der Waals surface area contributed by atoms with Crippen molar-refractivity contribution in [2.45, 2.75) is 6.92 Å². The Labute approximate surface area is 144 Å². The summed E-state index contributed by atoms with van der Waals surface area (Å²) in [5.74, 6) is 0. The minimum atomic E-state index is 0.702. The summed E-state index contributed by atoms with van der Waals surface area (Å²) in [6.07, 6.45) is 0. The molecule has 0 saturated heterocycles. The van der Waals surface area contributed by atoms with Crippen LogP contribution in [-0.4, -0.2) is 9.55 Å². The molecular formula is C22H15N3. The van der Waals surface area contributed by atoms with Crippen molar-refractivity contribution in [2.75, 3.05) is 0 Å². The van der Waals surface area contributed by atoms with Crippen LogP contribution in [0.15, 0.2) is 54.6 Å². The topological polar surface area (TPSA) is 41.6 Å². The number of pyridine rings is 1. The van der Waals surface area contributed by atoms with E-state index in [4.69, 9.17) is 4.98 Å². The molecule has 0 saturated carbocycles. The second kappa shape index (κ2) is 4.81. The number of hydrogen-bond acceptors (Lipinski definition) is 2. The van der Waals surface area contributed by atoms with Crippen LogP contribution in [-0.2, 0) is 7.05 Å². The highest BCUT2D eigenvalue weighted by atomic mass is 15.0. The Bertz CT molecular complexity index is 1370. The fourth-order valence-corrected chi connectivity index (χ4v) is 3.87. The van der Waals surface area contributed by atoms with Crippen molar-refractivity contribution >= 4 is 43.6 Å². The fraction of sp³-hybridized carbons (Fsp3) is 0.0909. The molecule has 0 aliphatic rings. The minimum Gasteiger partial charge on any atom is -0.342 e. The lowest BCUT2D eigenvalue weighted by atomic mass is 10.0. The minimum absolute atomic E-state index is 0.702. The summed E-state index contributed by atoms with van der Waals surface area (Å²) < 4.78 is 2.15. The van der Waals surface area contributed by atoms with Gasteiger partial charge >= 0.3 is 0 Å². The van der Waals surface area contributed by atoms with Crippen LogP contribution in [0.1, 0.15) is 11.1 Å². The summed E-state index contributed by atoms with van der Waals surface area (Å²) >= 11 is 0. The molecule has 2 aromatic heterocycles. The summed E-state index contributed by atoms with van der Waals surface area (Å²) in [5, 5.41) is 13.9. The van der Waals surface area contributed by atoms with Crippen molar-refractivity contribution in [2.24, 2.45) is 7.05 Å². The van der Waals surface area contributed by atoms with Crippen molar-refractivity contribution in [1.29, 1.82) is 5.26 Å². The first kappa shape index (κ1) is 14.0. The van der Waals surface area contributed by atoms with Gasteiger partial charge in [-0.3, -0.25) is 0 Å². The molecule has 0 amide bonds. The third-order valence-electron chi connectivity index (χ3n) is 5.02. The standard InChI is InChI=1S/C22H15N3/c1-13-7-8-18-14(9-13)10-15-11-16(12-23)20-17-5-3-4-6-19(17)25(2)22(20)21(15)24-18/h3-11H,1-2H3. The zero-order valence-electron chi connectivity index (χ0n) is 14.0. The number of benzene rings is 3. The first-order valence-electron chi connectivity index (χ1n) is 8.29. The Morgan fingerprint density at radius 2 is 1.84 bits per heavy atom. The van der Waals surface area contributed by atoms with Crippen LogP contribution in [0, 0.1) is 18.3 Å². The van der Waals surface area contributed by atoms with Gasteiger partial charge in [0.15, 0.2) is 0 Å². The van der Waals surface area contributed by atoms with Crippen LogP contribution >= 0.6 is 0 Å². The third-order valence-corrected chi connectivity index (χ3v) is 5.02. The molecule has 3 aromatic carbocycles. The highest BCUT2D eigenvalue weighted by Gasteiger charge is 2.16. The van der Waals surface area contributed by atoms with Crippen molar-refractivity contribution in [3.63, 3.8) is 0 Å². The van der Waals surface area contributed by atoms with E-state index in [-0.39, 0.29) is 0 Å². The maximum Gasteiger partial charge on any atom is 0.0999 e. The average molecular weight is 321 g/mol. The number of aromatic nitrogens is 2. The van der Waals surface area contributed by atoms with Gasteiger partial charge in [0.2, 0.25) is 0 Å². The van der Waals surface area contributed by atoms with Gasteiger partial charge in [-0.15, -0.1) is 0 Å². The quantitative estimate of drug-likeness (QED) is 0.367. The molecule has 5 rings (SSSR count). The average Bonchev–Trinajstić information content (AvgIpc) is 2.93. The van der Waals surface area contributed by atoms with Gasteiger partial charge in [0.05, 0.1) is 28.2 Å². The van der Waals surface area contributed by atoms with E-state index in [9.17, 15) is 5.26 Å². The molecule has 0 radical (unpaired) electrons. The summed E-state index contributed by atoms with van der Waals surface area (Å²) in [5.41, 5.74) is 5.98. The number of hydrogen-bond donors (Lipinski definition) is 0. The molecule has 118 valence electrons. The molecule has 0 atom stereocenters. The van der Waals surface area contributed by atoms with E-state index in [0.717, 1.165) is 43.6 Å². The van der Waals surface area contributed by atoms with Gasteiger partial charge in [-0.25, -0.2) is 4.98 Å². The van der Waals surface area contributed by atoms with E-state index in [0.29, 0.717) is 5.56 Å². The van der Waals surface area contributed by atoms with Gasteiger partial charge in [0.1, 0.15) is 0 Å². The van der Waals surface area contributed by atoms with Crippen molar-refractivity contribution in [3.8, 4) is 6.07 Å². The second-order valence-corrected chi connectivity index (χ2v) is 6.59. The SMILES string of the molecule is Cc1ccc2nc3c(cc(C#N)c4c5ccccc5n(C)c34)cc2c1. The largest absolute Gasteiger partial charge is 0.342 e. The summed E-state index contributed by atoms with van der Waals surface area (Å²) in [7, 11) is 2.05. The molecule has 0 spiro atoms. The lowest BCUT2D eigenvalue weighted by Gasteiger charge is -2.07. The van der Waals surface area contributed by atoms with Crippen LogP contribution in [0.4, 0.5) is 0 Å². The molecular weight excluding hydrogens is 306 g/mol. The first-order valence-corrected chi connectivity index (χ1v) is 8.29. The normalized spacial score (nSPS) is 11.6. The number of rotatable bonds is 0. The molecule has 3 heteroatoms. The maximum atomic E-state index is 9.74. The number of nitrogens with zero attached hydrogens (tertiary/aromatic N) is 3. The van der Waals surface area contributed by atoms with Crippen LogP contribution in [0.3, 0.4) is 0 Å². The second-order valence-electron chi connectivity index (χ2n) is 6.59. The van der Waals surface area contributed by atoms with Crippen LogP contribution in [0.2, 0.25) is 0 Å². The van der Waals surface area contributed by atoms with Crippen molar-refractivity contribution in [1.82, 2.24) is 9.55 Å². The summed E-state index contributed by atoms with van der Waals surface area (Å²) in [4.78, 5) is 4.95. The predicted octanol–water partition coefficient (Wildman–Crippen LogP) is 5.21. The van der Waals surface area contributed by atoms with Gasteiger partial charge in [0.25, 0.3) is 0 Å². The van der Waals surface area contributed by atoms with Gasteiger partial charge in [0, 0.05) is 34.1 Å². The smallest absolute Gasteiger partial charge is 0.0999 e. The molecule has 2 heterocycles. The van der Waals surface area contributed by atoms with Crippen LogP contribution in [0.5, 0.6) is 0 Å². The van der Waals surface area contributed by atoms with E-state index < -0.39 is 0 Å². The number of para-hydroxylation sites is 1. The maximum absolute atomic E-state index is 9.74. The molecule has 5 aromatic rings. The lowest BCUT2D eigenvalue weighted by Crippen LogP contribution is -1.92. The van der Waals surface area contributed by atoms with E-state index in [1.807, 2.05) is 25.2 Å². The van der Waals surface area contributed by atoms with E-state index in [1.165, 1.54) is 5.56 Å². The highest BCUT2D eigenvalue weighted by Crippen LogP contribution is 2.36. The molecule has 25 heavy (non-hydrogen) atoms. The van der Waals surface area contributed by atoms with Crippen LogP contribution in [0.25, 0.3) is 43.6 Å². The Balaban J connectivity index is 2.10. The van der Waals surface area contributed by atoms with Crippen molar-refractivity contribution in [3.05, 3.63) is 65.7 Å². The van der Waals surface area contributed by atoms with Gasteiger partial charge < -0.3 is 4.57 Å². The number of fused-ring (bicyclic) bond motifs is 6. The molecule has 3 nitrogen and oxygen atoms in total. The molecule has 0 aliphatic heterocycles. The number of nitriles is 1. The summed E-state index contributed by atoms with van der Waals surface area (Å²) in [6, 6.07) is 21.0. The van der Waals surface area contributed by atoms with Gasteiger partial charge in [-0.2, -0.15) is 5.26 Å². The Hall–Kier alpha value is -3.38. The predicted molar refractivity (Wildman–Crippen MR) is 103 cm³/mol. The zero-order chi connectivity index (χ0) is 17.1. The Morgan fingerprint density at radius 3 is 2.68 bits per heavy atom. The van der Waals surface area contributed by atoms with Crippen molar-refractivity contribution < 1.29 is 0 Å². The first-order chi connectivity index (χ1) is 12.2. The number of aryl methyl sites for hydroxylation is 2. The van der Waals surface area contributed by atoms with E-state index in [2.05, 4.69) is 54.0 Å². The molecule has 0 aliphatic carbocycles. The zero-order valence-corrected chi connectivity index (χ0v) is 14.0. The lowest BCUT2D eigenvalue weighted by molar-refractivity contribution is 1.02. The highest BCUT2D eigenvalue weighted by molar-refractivity contribution is 6.19. The van der Waals surface area contributed by atoms with Crippen LogP contribution < -0.4 is 0 Å². The third kappa shape index (κ3) is 1.82. The summed E-state index contributed by atoms with van der Waals surface area (Å²) in [6.45, 7) is 2.08. The fourth-order valence-electron chi connectivity index (χ4n) is 3.87.